The molecular formula is C12H16F3NO2. The van der Waals surface area contributed by atoms with Crippen LogP contribution in [0.3, 0.4) is 0 Å². The lowest BCUT2D eigenvalue weighted by Gasteiger charge is -2.10. The Balaban J connectivity index is 2.33. The molecule has 0 heterocycles. The molecule has 0 unspecified atom stereocenters. The van der Waals surface area contributed by atoms with Crippen LogP contribution in [0.5, 0.6) is 5.75 Å². The van der Waals surface area contributed by atoms with Crippen molar-refractivity contribution < 1.29 is 22.6 Å². The number of nitrogens with one attached hydrogen (secondary N) is 1. The molecule has 0 saturated heterocycles. The molecule has 0 radical (unpaired) electrons. The maximum atomic E-state index is 11.7. The normalized spacial score (nSPS) is 11.6. The van der Waals surface area contributed by atoms with Crippen LogP contribution in [0.15, 0.2) is 24.3 Å². The van der Waals surface area contributed by atoms with E-state index in [1.165, 1.54) is 0 Å². The monoisotopic (exact) mass is 263 g/mol. The summed E-state index contributed by atoms with van der Waals surface area (Å²) in [5, 5.41) is 3.15. The minimum atomic E-state index is -4.60. The van der Waals surface area contributed by atoms with Crippen molar-refractivity contribution in [2.45, 2.75) is 19.8 Å². The Morgan fingerprint density at radius 3 is 2.67 bits per heavy atom. The molecule has 18 heavy (non-hydrogen) atoms. The zero-order valence-electron chi connectivity index (χ0n) is 10.1. The van der Waals surface area contributed by atoms with E-state index in [-0.39, 0.29) is 6.61 Å². The second-order valence-corrected chi connectivity index (χ2v) is 3.57. The van der Waals surface area contributed by atoms with Gasteiger partial charge in [-0.2, -0.15) is 0 Å². The first-order valence-corrected chi connectivity index (χ1v) is 5.64. The van der Waals surface area contributed by atoms with Crippen LogP contribution >= 0.6 is 0 Å². The second kappa shape index (κ2) is 7.23. The van der Waals surface area contributed by atoms with Crippen molar-refractivity contribution in [3.63, 3.8) is 0 Å². The fraction of sp³-hybridized carbons (Fsp3) is 0.500. The molecule has 0 saturated carbocycles. The smallest absolute Gasteiger partial charge is 0.491 e. The summed E-state index contributed by atoms with van der Waals surface area (Å²) in [5.41, 5.74) is 1.02. The van der Waals surface area contributed by atoms with Gasteiger partial charge in [0.25, 0.3) is 0 Å². The number of alkyl halides is 3. The van der Waals surface area contributed by atoms with E-state index >= 15 is 0 Å². The molecule has 1 aromatic carbocycles. The summed E-state index contributed by atoms with van der Waals surface area (Å²) >= 11 is 0. The highest BCUT2D eigenvalue weighted by Crippen LogP contribution is 2.16. The molecular weight excluding hydrogens is 247 g/mol. The van der Waals surface area contributed by atoms with E-state index in [4.69, 9.17) is 4.74 Å². The Bertz CT molecular complexity index is 355. The lowest BCUT2D eigenvalue weighted by molar-refractivity contribution is -0.325. The number of rotatable bonds is 7. The molecule has 1 N–H and O–H groups in total. The average molecular weight is 263 g/mol. The topological polar surface area (TPSA) is 30.5 Å². The van der Waals surface area contributed by atoms with Gasteiger partial charge in [-0.25, -0.2) is 0 Å². The largest absolute Gasteiger partial charge is 0.522 e. The van der Waals surface area contributed by atoms with Crippen molar-refractivity contribution in [2.24, 2.45) is 0 Å². The quantitative estimate of drug-likeness (QED) is 0.767. The third-order valence-electron chi connectivity index (χ3n) is 2.10. The van der Waals surface area contributed by atoms with Crippen molar-refractivity contribution in [3.8, 4) is 5.75 Å². The van der Waals surface area contributed by atoms with E-state index in [9.17, 15) is 13.2 Å². The van der Waals surface area contributed by atoms with Crippen LogP contribution in [0, 0.1) is 0 Å². The van der Waals surface area contributed by atoms with Gasteiger partial charge >= 0.3 is 6.36 Å². The fourth-order valence-electron chi connectivity index (χ4n) is 1.33. The second-order valence-electron chi connectivity index (χ2n) is 3.57. The summed E-state index contributed by atoms with van der Waals surface area (Å²) < 4.78 is 43.9. The van der Waals surface area contributed by atoms with Gasteiger partial charge in [0.05, 0.1) is 6.61 Å². The van der Waals surface area contributed by atoms with E-state index in [2.05, 4.69) is 10.1 Å². The number of hydrogen-bond acceptors (Lipinski definition) is 3. The minimum absolute atomic E-state index is 0.135. The Morgan fingerprint density at radius 2 is 2.00 bits per heavy atom. The van der Waals surface area contributed by atoms with Crippen LogP contribution in [0.1, 0.15) is 12.5 Å². The van der Waals surface area contributed by atoms with Gasteiger partial charge in [0.2, 0.25) is 0 Å². The summed E-state index contributed by atoms with van der Waals surface area (Å²) in [7, 11) is 0. The Kier molecular flexibility index (Phi) is 5.94. The number of halogens is 3. The Labute approximate surface area is 104 Å². The lowest BCUT2D eigenvalue weighted by Crippen LogP contribution is -2.18. The van der Waals surface area contributed by atoms with E-state index in [0.29, 0.717) is 12.3 Å². The minimum Gasteiger partial charge on any atom is -0.491 e. The molecule has 0 amide bonds. The molecule has 0 spiro atoms. The molecule has 0 aliphatic heterocycles. The molecule has 0 aliphatic carbocycles. The SMILES string of the molecule is CCNCc1cccc(OCCOC(F)(F)F)c1. The van der Waals surface area contributed by atoms with Crippen LogP contribution in [-0.4, -0.2) is 26.1 Å². The third kappa shape index (κ3) is 6.46. The third-order valence-corrected chi connectivity index (χ3v) is 2.10. The summed E-state index contributed by atoms with van der Waals surface area (Å²) in [6.07, 6.45) is -4.60. The van der Waals surface area contributed by atoms with E-state index in [1.807, 2.05) is 13.0 Å². The van der Waals surface area contributed by atoms with Gasteiger partial charge < -0.3 is 10.1 Å². The van der Waals surface area contributed by atoms with Crippen LogP contribution in [0.4, 0.5) is 13.2 Å². The van der Waals surface area contributed by atoms with Crippen molar-refractivity contribution >= 4 is 0 Å². The van der Waals surface area contributed by atoms with Crippen molar-refractivity contribution in [1.29, 1.82) is 0 Å². The zero-order valence-corrected chi connectivity index (χ0v) is 10.1. The highest BCUT2D eigenvalue weighted by molar-refractivity contribution is 5.28. The Hall–Kier alpha value is -1.27. The van der Waals surface area contributed by atoms with Gasteiger partial charge in [-0.05, 0) is 24.2 Å². The van der Waals surface area contributed by atoms with Crippen molar-refractivity contribution in [1.82, 2.24) is 5.32 Å². The lowest BCUT2D eigenvalue weighted by atomic mass is 10.2. The standard InChI is InChI=1S/C12H16F3NO2/c1-2-16-9-10-4-3-5-11(8-10)17-6-7-18-12(13,14)15/h3-5,8,16H,2,6-7,9H2,1H3. The number of benzene rings is 1. The molecule has 0 aromatic heterocycles. The van der Waals surface area contributed by atoms with Crippen LogP contribution in [0.2, 0.25) is 0 Å². The molecule has 1 aromatic rings. The maximum absolute atomic E-state index is 11.7. The molecule has 0 aliphatic rings. The van der Waals surface area contributed by atoms with Crippen molar-refractivity contribution in [3.05, 3.63) is 29.8 Å². The maximum Gasteiger partial charge on any atom is 0.522 e. The number of ether oxygens (including phenoxy) is 2. The number of hydrogen-bond donors (Lipinski definition) is 1. The first-order chi connectivity index (χ1) is 8.51. The van der Waals surface area contributed by atoms with Crippen LogP contribution in [0.25, 0.3) is 0 Å². The van der Waals surface area contributed by atoms with Gasteiger partial charge in [0, 0.05) is 6.54 Å². The molecule has 0 atom stereocenters. The molecule has 1 rings (SSSR count). The fourth-order valence-corrected chi connectivity index (χ4v) is 1.33. The van der Waals surface area contributed by atoms with Gasteiger partial charge in [-0.3, -0.25) is 4.74 Å². The molecule has 3 nitrogen and oxygen atoms in total. The first kappa shape index (κ1) is 14.8. The van der Waals surface area contributed by atoms with Crippen LogP contribution < -0.4 is 10.1 Å². The first-order valence-electron chi connectivity index (χ1n) is 5.64. The van der Waals surface area contributed by atoms with Gasteiger partial charge in [-0.15, -0.1) is 13.2 Å². The highest BCUT2D eigenvalue weighted by atomic mass is 19.4. The summed E-state index contributed by atoms with van der Waals surface area (Å²) in [6, 6.07) is 7.20. The van der Waals surface area contributed by atoms with Gasteiger partial charge in [0.1, 0.15) is 12.4 Å². The van der Waals surface area contributed by atoms with Crippen LogP contribution in [-0.2, 0) is 11.3 Å². The van der Waals surface area contributed by atoms with Gasteiger partial charge in [0.15, 0.2) is 0 Å². The highest BCUT2D eigenvalue weighted by Gasteiger charge is 2.28. The van der Waals surface area contributed by atoms with E-state index < -0.39 is 13.0 Å². The summed E-state index contributed by atoms with van der Waals surface area (Å²) in [4.78, 5) is 0. The molecule has 0 bridgehead atoms. The summed E-state index contributed by atoms with van der Waals surface area (Å²) in [5.74, 6) is 0.538. The van der Waals surface area contributed by atoms with E-state index in [1.54, 1.807) is 18.2 Å². The average Bonchev–Trinajstić information content (AvgIpc) is 2.31. The predicted octanol–water partition coefficient (Wildman–Crippen LogP) is 2.71. The Morgan fingerprint density at radius 1 is 1.22 bits per heavy atom. The predicted molar refractivity (Wildman–Crippen MR) is 61.3 cm³/mol. The van der Waals surface area contributed by atoms with Crippen molar-refractivity contribution in [2.75, 3.05) is 19.8 Å². The molecule has 6 heteroatoms. The molecule has 102 valence electrons. The van der Waals surface area contributed by atoms with Gasteiger partial charge in [-0.1, -0.05) is 19.1 Å². The molecule has 0 fully saturated rings. The van der Waals surface area contributed by atoms with E-state index in [0.717, 1.165) is 12.1 Å². The zero-order chi connectivity index (χ0) is 13.4. The summed E-state index contributed by atoms with van der Waals surface area (Å²) in [6.45, 7) is 2.90.